The van der Waals surface area contributed by atoms with Gasteiger partial charge in [0.1, 0.15) is 5.82 Å². The Labute approximate surface area is 138 Å². The molecule has 2 atom stereocenters. The molecule has 0 aromatic heterocycles. The van der Waals surface area contributed by atoms with Gasteiger partial charge in [-0.1, -0.05) is 25.0 Å². The number of amides is 1. The second-order valence-corrected chi connectivity index (χ2v) is 7.08. The lowest BCUT2D eigenvalue weighted by atomic mass is 9.78. The van der Waals surface area contributed by atoms with Crippen molar-refractivity contribution in [2.75, 3.05) is 13.1 Å². The second-order valence-electron chi connectivity index (χ2n) is 7.08. The maximum absolute atomic E-state index is 13.5. The summed E-state index contributed by atoms with van der Waals surface area (Å²) in [6.07, 6.45) is 7.73. The Balaban J connectivity index is 1.51. The molecule has 1 heterocycles. The molecule has 1 aliphatic heterocycles. The van der Waals surface area contributed by atoms with Crippen LogP contribution in [0.15, 0.2) is 18.2 Å². The Morgan fingerprint density at radius 2 is 2.04 bits per heavy atom. The fourth-order valence-electron chi connectivity index (χ4n) is 4.11. The summed E-state index contributed by atoms with van der Waals surface area (Å²) in [6.45, 7) is 3.66. The van der Waals surface area contributed by atoms with Crippen molar-refractivity contribution in [3.8, 4) is 0 Å². The summed E-state index contributed by atoms with van der Waals surface area (Å²) in [5, 5.41) is 2.94. The van der Waals surface area contributed by atoms with E-state index in [2.05, 4.69) is 10.2 Å². The first-order valence-corrected chi connectivity index (χ1v) is 8.89. The summed E-state index contributed by atoms with van der Waals surface area (Å²) in [5.74, 6) is 0.631. The van der Waals surface area contributed by atoms with Crippen LogP contribution in [0.3, 0.4) is 0 Å². The molecule has 0 radical (unpaired) electrons. The number of likely N-dealkylation sites (tertiary alicyclic amines) is 1. The molecule has 0 spiro atoms. The molecule has 1 N–H and O–H groups in total. The van der Waals surface area contributed by atoms with Gasteiger partial charge in [0.05, 0.1) is 6.54 Å². The minimum Gasteiger partial charge on any atom is -0.351 e. The Bertz CT molecular complexity index is 558. The van der Waals surface area contributed by atoms with E-state index in [1.165, 1.54) is 44.6 Å². The molecule has 3 nitrogen and oxygen atoms in total. The van der Waals surface area contributed by atoms with Crippen LogP contribution in [0.4, 0.5) is 4.39 Å². The van der Waals surface area contributed by atoms with Crippen LogP contribution in [-0.2, 0) is 11.3 Å². The minimum atomic E-state index is -0.210. The van der Waals surface area contributed by atoms with Crippen molar-refractivity contribution in [3.63, 3.8) is 0 Å². The van der Waals surface area contributed by atoms with Gasteiger partial charge in [0.25, 0.3) is 0 Å². The molecular formula is C19H27FN2O. The van der Waals surface area contributed by atoms with Gasteiger partial charge in [-0.3, -0.25) is 9.69 Å². The zero-order valence-corrected chi connectivity index (χ0v) is 14.0. The summed E-state index contributed by atoms with van der Waals surface area (Å²) >= 11 is 0. The van der Waals surface area contributed by atoms with Crippen LogP contribution in [0.1, 0.15) is 49.7 Å². The number of carbonyl (C=O) groups excluding carboxylic acids is 1. The van der Waals surface area contributed by atoms with Crippen molar-refractivity contribution in [1.82, 2.24) is 10.2 Å². The number of halogens is 1. The highest BCUT2D eigenvalue weighted by Crippen LogP contribution is 2.34. The fourth-order valence-corrected chi connectivity index (χ4v) is 4.11. The van der Waals surface area contributed by atoms with E-state index < -0.39 is 0 Å². The van der Waals surface area contributed by atoms with Crippen LogP contribution >= 0.6 is 0 Å². The molecule has 126 valence electrons. The highest BCUT2D eigenvalue weighted by atomic mass is 19.1. The normalized spacial score (nSPS) is 25.0. The van der Waals surface area contributed by atoms with Crippen LogP contribution in [0.2, 0.25) is 0 Å². The predicted molar refractivity (Wildman–Crippen MR) is 89.5 cm³/mol. The van der Waals surface area contributed by atoms with Gasteiger partial charge in [0.15, 0.2) is 0 Å². The second kappa shape index (κ2) is 7.43. The van der Waals surface area contributed by atoms with Crippen LogP contribution in [-0.4, -0.2) is 29.9 Å². The minimum absolute atomic E-state index is 0.0530. The molecule has 2 fully saturated rings. The number of rotatable bonds is 4. The van der Waals surface area contributed by atoms with Gasteiger partial charge in [-0.2, -0.15) is 0 Å². The van der Waals surface area contributed by atoms with E-state index in [1.807, 2.05) is 6.07 Å². The maximum atomic E-state index is 13.5. The van der Waals surface area contributed by atoms with E-state index >= 15 is 0 Å². The molecule has 1 aliphatic carbocycles. The van der Waals surface area contributed by atoms with E-state index in [1.54, 1.807) is 13.0 Å². The van der Waals surface area contributed by atoms with Crippen LogP contribution in [0.5, 0.6) is 0 Å². The van der Waals surface area contributed by atoms with E-state index in [-0.39, 0.29) is 11.7 Å². The van der Waals surface area contributed by atoms with Gasteiger partial charge in [-0.05, 0) is 62.3 Å². The quantitative estimate of drug-likeness (QED) is 0.923. The molecule has 1 amide bonds. The van der Waals surface area contributed by atoms with Gasteiger partial charge in [0, 0.05) is 12.6 Å². The lowest BCUT2D eigenvalue weighted by Gasteiger charge is -2.43. The number of carbonyl (C=O) groups is 1. The number of hydrogen-bond acceptors (Lipinski definition) is 2. The van der Waals surface area contributed by atoms with Gasteiger partial charge in [0.2, 0.25) is 5.91 Å². The van der Waals surface area contributed by atoms with E-state index in [4.69, 9.17) is 0 Å². The maximum Gasteiger partial charge on any atom is 0.234 e. The molecule has 1 saturated heterocycles. The average molecular weight is 318 g/mol. The monoisotopic (exact) mass is 318 g/mol. The lowest BCUT2D eigenvalue weighted by Crippen LogP contribution is -2.50. The number of fused-ring (bicyclic) bond motifs is 1. The third-order valence-electron chi connectivity index (χ3n) is 5.43. The van der Waals surface area contributed by atoms with Crippen molar-refractivity contribution in [2.24, 2.45) is 5.92 Å². The molecule has 4 heteroatoms. The number of hydrogen-bond donors (Lipinski definition) is 1. The first-order chi connectivity index (χ1) is 11.1. The summed E-state index contributed by atoms with van der Waals surface area (Å²) in [7, 11) is 0. The molecule has 0 bridgehead atoms. The van der Waals surface area contributed by atoms with Crippen LogP contribution in [0.25, 0.3) is 0 Å². The Morgan fingerprint density at radius 1 is 1.26 bits per heavy atom. The number of aryl methyl sites for hydroxylation is 1. The molecular weight excluding hydrogens is 291 g/mol. The highest BCUT2D eigenvalue weighted by molar-refractivity contribution is 5.78. The predicted octanol–water partition coefficient (Wildman–Crippen LogP) is 3.40. The Morgan fingerprint density at radius 3 is 2.87 bits per heavy atom. The Kier molecular flexibility index (Phi) is 5.31. The van der Waals surface area contributed by atoms with Crippen molar-refractivity contribution in [2.45, 2.75) is 58.0 Å². The van der Waals surface area contributed by atoms with Crippen LogP contribution < -0.4 is 5.32 Å². The lowest BCUT2D eigenvalue weighted by molar-refractivity contribution is -0.124. The number of nitrogens with one attached hydrogen (secondary N) is 1. The summed E-state index contributed by atoms with van der Waals surface area (Å²) in [5.41, 5.74) is 1.45. The van der Waals surface area contributed by atoms with Crippen molar-refractivity contribution in [1.29, 1.82) is 0 Å². The van der Waals surface area contributed by atoms with Gasteiger partial charge >= 0.3 is 0 Å². The number of nitrogens with zero attached hydrogens (tertiary/aromatic N) is 1. The summed E-state index contributed by atoms with van der Waals surface area (Å²) < 4.78 is 13.5. The van der Waals surface area contributed by atoms with Gasteiger partial charge in [-0.25, -0.2) is 4.39 Å². The third kappa shape index (κ3) is 4.11. The summed E-state index contributed by atoms with van der Waals surface area (Å²) in [6, 6.07) is 5.73. The van der Waals surface area contributed by atoms with Crippen molar-refractivity contribution >= 4 is 5.91 Å². The molecule has 1 saturated carbocycles. The molecule has 1 aromatic carbocycles. The van der Waals surface area contributed by atoms with E-state index in [9.17, 15) is 9.18 Å². The fraction of sp³-hybridized carbons (Fsp3) is 0.632. The standard InChI is InChI=1S/C19H27FN2O/c1-14-8-9-15(11-17(14)20)12-21-19(23)13-22-10-4-6-16-5-2-3-7-18(16)22/h8-9,11,16,18H,2-7,10,12-13H2,1H3,(H,21,23). The van der Waals surface area contributed by atoms with E-state index in [0.717, 1.165) is 18.0 Å². The van der Waals surface area contributed by atoms with Crippen LogP contribution in [0, 0.1) is 18.7 Å². The summed E-state index contributed by atoms with van der Waals surface area (Å²) in [4.78, 5) is 14.6. The first-order valence-electron chi connectivity index (χ1n) is 8.89. The highest BCUT2D eigenvalue weighted by Gasteiger charge is 2.33. The zero-order valence-electron chi connectivity index (χ0n) is 14.0. The van der Waals surface area contributed by atoms with Crippen molar-refractivity contribution < 1.29 is 9.18 Å². The topological polar surface area (TPSA) is 32.3 Å². The molecule has 1 aromatic rings. The molecule has 2 unspecified atom stereocenters. The molecule has 3 rings (SSSR count). The molecule has 2 aliphatic rings. The van der Waals surface area contributed by atoms with E-state index in [0.29, 0.717) is 24.7 Å². The molecule has 23 heavy (non-hydrogen) atoms. The smallest absolute Gasteiger partial charge is 0.234 e. The van der Waals surface area contributed by atoms with Crippen molar-refractivity contribution in [3.05, 3.63) is 35.1 Å². The van der Waals surface area contributed by atoms with Gasteiger partial charge < -0.3 is 5.32 Å². The average Bonchev–Trinajstić information content (AvgIpc) is 2.56. The SMILES string of the molecule is Cc1ccc(CNC(=O)CN2CCCC3CCCCC32)cc1F. The van der Waals surface area contributed by atoms with Gasteiger partial charge in [-0.15, -0.1) is 0 Å². The third-order valence-corrected chi connectivity index (χ3v) is 5.43. The largest absolute Gasteiger partial charge is 0.351 e. The number of benzene rings is 1. The first kappa shape index (κ1) is 16.4. The zero-order chi connectivity index (χ0) is 16.2. The Hall–Kier alpha value is -1.42. The number of piperidine rings is 1.